The molecule has 0 bridgehead atoms. The fraction of sp³-hybridized carbons (Fsp3) is 0. The molecular formula is C9H6N2O. The summed E-state index contributed by atoms with van der Waals surface area (Å²) >= 11 is 0. The summed E-state index contributed by atoms with van der Waals surface area (Å²) < 4.78 is 1.65. The molecule has 2 heterocycles. The molecule has 2 aromatic rings. The van der Waals surface area contributed by atoms with E-state index in [4.69, 9.17) is 5.26 Å². The van der Waals surface area contributed by atoms with Crippen molar-refractivity contribution < 1.29 is 5.11 Å². The van der Waals surface area contributed by atoms with Crippen LogP contribution in [0.5, 0.6) is 5.75 Å². The van der Waals surface area contributed by atoms with Gasteiger partial charge >= 0.3 is 0 Å². The molecule has 0 spiro atoms. The van der Waals surface area contributed by atoms with Gasteiger partial charge in [-0.15, -0.1) is 0 Å². The lowest BCUT2D eigenvalue weighted by atomic mass is 10.3. The molecule has 0 amide bonds. The van der Waals surface area contributed by atoms with Crippen molar-refractivity contribution in [2.24, 2.45) is 0 Å². The minimum absolute atomic E-state index is 0.194. The van der Waals surface area contributed by atoms with Crippen LogP contribution in [0.15, 0.2) is 30.5 Å². The first-order chi connectivity index (χ1) is 5.83. The summed E-state index contributed by atoms with van der Waals surface area (Å²) in [7, 11) is 0. The second-order valence-electron chi connectivity index (χ2n) is 2.48. The van der Waals surface area contributed by atoms with Gasteiger partial charge in [-0.05, 0) is 24.3 Å². The first-order valence-electron chi connectivity index (χ1n) is 3.52. The molecule has 58 valence electrons. The number of aromatic nitrogens is 1. The largest absolute Gasteiger partial charge is 0.506 e. The summed E-state index contributed by atoms with van der Waals surface area (Å²) in [5, 5.41) is 18.0. The lowest BCUT2D eigenvalue weighted by molar-refractivity contribution is 0.479. The maximum absolute atomic E-state index is 9.35. The van der Waals surface area contributed by atoms with Crippen molar-refractivity contribution in [3.63, 3.8) is 0 Å². The number of aromatic hydroxyl groups is 1. The van der Waals surface area contributed by atoms with Crippen LogP contribution in [0.3, 0.4) is 0 Å². The van der Waals surface area contributed by atoms with Crippen molar-refractivity contribution in [3.05, 3.63) is 36.2 Å². The molecule has 0 aliphatic heterocycles. The van der Waals surface area contributed by atoms with Gasteiger partial charge in [-0.2, -0.15) is 5.26 Å². The third-order valence-electron chi connectivity index (χ3n) is 1.78. The van der Waals surface area contributed by atoms with Gasteiger partial charge in [0.05, 0.1) is 5.52 Å². The molecule has 0 radical (unpaired) electrons. The molecule has 3 heteroatoms. The van der Waals surface area contributed by atoms with Crippen molar-refractivity contribution >= 4 is 5.52 Å². The van der Waals surface area contributed by atoms with Gasteiger partial charge < -0.3 is 9.51 Å². The minimum Gasteiger partial charge on any atom is -0.506 e. The molecule has 0 atom stereocenters. The van der Waals surface area contributed by atoms with Gasteiger partial charge in [0.15, 0.2) is 0 Å². The molecule has 0 saturated heterocycles. The monoisotopic (exact) mass is 158 g/mol. The summed E-state index contributed by atoms with van der Waals surface area (Å²) in [4.78, 5) is 0. The van der Waals surface area contributed by atoms with E-state index in [1.807, 2.05) is 6.07 Å². The fourth-order valence-electron chi connectivity index (χ4n) is 1.21. The highest BCUT2D eigenvalue weighted by Gasteiger charge is 2.01. The van der Waals surface area contributed by atoms with Crippen LogP contribution in [0.2, 0.25) is 0 Å². The molecular weight excluding hydrogens is 152 g/mol. The van der Waals surface area contributed by atoms with Gasteiger partial charge in [0.2, 0.25) is 0 Å². The Kier molecular flexibility index (Phi) is 1.28. The average molecular weight is 158 g/mol. The number of hydrogen-bond acceptors (Lipinski definition) is 2. The summed E-state index contributed by atoms with van der Waals surface area (Å²) in [6.07, 6.45) is 1.74. The number of nitriles is 1. The predicted octanol–water partition coefficient (Wildman–Crippen LogP) is 1.52. The van der Waals surface area contributed by atoms with Crippen LogP contribution in [0.25, 0.3) is 5.52 Å². The molecule has 0 saturated carbocycles. The van der Waals surface area contributed by atoms with Crippen molar-refractivity contribution in [1.29, 1.82) is 5.26 Å². The van der Waals surface area contributed by atoms with Gasteiger partial charge in [-0.1, -0.05) is 0 Å². The summed E-state index contributed by atoms with van der Waals surface area (Å²) in [5.74, 6) is 0.194. The maximum atomic E-state index is 9.35. The van der Waals surface area contributed by atoms with E-state index in [-0.39, 0.29) is 5.75 Å². The van der Waals surface area contributed by atoms with Crippen molar-refractivity contribution in [2.75, 3.05) is 0 Å². The Morgan fingerprint density at radius 3 is 2.92 bits per heavy atom. The molecule has 0 aromatic carbocycles. The van der Waals surface area contributed by atoms with E-state index >= 15 is 0 Å². The van der Waals surface area contributed by atoms with Crippen molar-refractivity contribution in [1.82, 2.24) is 4.40 Å². The van der Waals surface area contributed by atoms with E-state index in [2.05, 4.69) is 0 Å². The SMILES string of the molecule is N#Cc1ccc(O)c2cccn12. The van der Waals surface area contributed by atoms with Crippen LogP contribution < -0.4 is 0 Å². The normalized spacial score (nSPS) is 9.92. The summed E-state index contributed by atoms with van der Waals surface area (Å²) in [6, 6.07) is 8.69. The Morgan fingerprint density at radius 2 is 2.17 bits per heavy atom. The Labute approximate surface area is 69.1 Å². The first kappa shape index (κ1) is 6.74. The van der Waals surface area contributed by atoms with E-state index in [1.165, 1.54) is 6.07 Å². The Morgan fingerprint density at radius 1 is 1.33 bits per heavy atom. The highest BCUT2D eigenvalue weighted by atomic mass is 16.3. The zero-order valence-corrected chi connectivity index (χ0v) is 6.23. The van der Waals surface area contributed by atoms with Crippen LogP contribution in [-0.2, 0) is 0 Å². The second-order valence-corrected chi connectivity index (χ2v) is 2.48. The third kappa shape index (κ3) is 0.753. The van der Waals surface area contributed by atoms with Gasteiger partial charge in [0.1, 0.15) is 17.5 Å². The van der Waals surface area contributed by atoms with E-state index in [9.17, 15) is 5.11 Å². The van der Waals surface area contributed by atoms with E-state index in [0.29, 0.717) is 11.2 Å². The second kappa shape index (κ2) is 2.28. The zero-order chi connectivity index (χ0) is 8.55. The van der Waals surface area contributed by atoms with Crippen LogP contribution in [0.4, 0.5) is 0 Å². The first-order valence-corrected chi connectivity index (χ1v) is 3.52. The quantitative estimate of drug-likeness (QED) is 0.631. The predicted molar refractivity (Wildman–Crippen MR) is 43.8 cm³/mol. The number of hydrogen-bond donors (Lipinski definition) is 1. The smallest absolute Gasteiger partial charge is 0.139 e. The molecule has 0 aliphatic rings. The van der Waals surface area contributed by atoms with Gasteiger partial charge in [-0.3, -0.25) is 0 Å². The molecule has 12 heavy (non-hydrogen) atoms. The standard InChI is InChI=1S/C9H6N2O/c10-6-7-3-4-9(12)8-2-1-5-11(7)8/h1-5,12H. The Bertz CT molecular complexity index is 465. The molecule has 0 fully saturated rings. The Hall–Kier alpha value is -1.95. The number of nitrogens with zero attached hydrogens (tertiary/aromatic N) is 2. The molecule has 0 aliphatic carbocycles. The van der Waals surface area contributed by atoms with E-state index < -0.39 is 0 Å². The molecule has 0 unspecified atom stereocenters. The van der Waals surface area contributed by atoms with Crippen LogP contribution >= 0.6 is 0 Å². The highest BCUT2D eigenvalue weighted by molar-refractivity contribution is 5.61. The molecule has 3 nitrogen and oxygen atoms in total. The van der Waals surface area contributed by atoms with E-state index in [1.54, 1.807) is 28.8 Å². The molecule has 1 N–H and O–H groups in total. The van der Waals surface area contributed by atoms with Gasteiger partial charge in [0.25, 0.3) is 0 Å². The highest BCUT2D eigenvalue weighted by Crippen LogP contribution is 2.19. The van der Waals surface area contributed by atoms with Gasteiger partial charge in [0, 0.05) is 6.20 Å². The maximum Gasteiger partial charge on any atom is 0.139 e. The van der Waals surface area contributed by atoms with Crippen molar-refractivity contribution in [2.45, 2.75) is 0 Å². The molecule has 2 rings (SSSR count). The Balaban J connectivity index is 2.94. The van der Waals surface area contributed by atoms with Crippen LogP contribution in [0.1, 0.15) is 5.69 Å². The number of fused-ring (bicyclic) bond motifs is 1. The van der Waals surface area contributed by atoms with Crippen LogP contribution in [-0.4, -0.2) is 9.51 Å². The lowest BCUT2D eigenvalue weighted by Gasteiger charge is -1.99. The zero-order valence-electron chi connectivity index (χ0n) is 6.23. The van der Waals surface area contributed by atoms with Crippen molar-refractivity contribution in [3.8, 4) is 11.8 Å². The van der Waals surface area contributed by atoms with Crippen LogP contribution in [0, 0.1) is 11.3 Å². The topological polar surface area (TPSA) is 48.4 Å². The fourth-order valence-corrected chi connectivity index (χ4v) is 1.21. The summed E-state index contributed by atoms with van der Waals surface area (Å²) in [5.41, 5.74) is 1.18. The minimum atomic E-state index is 0.194. The number of rotatable bonds is 0. The van der Waals surface area contributed by atoms with E-state index in [0.717, 1.165) is 0 Å². The third-order valence-corrected chi connectivity index (χ3v) is 1.78. The number of pyridine rings is 1. The summed E-state index contributed by atoms with van der Waals surface area (Å²) in [6.45, 7) is 0. The van der Waals surface area contributed by atoms with Gasteiger partial charge in [-0.25, -0.2) is 0 Å². The molecule has 2 aromatic heterocycles. The average Bonchev–Trinajstić information content (AvgIpc) is 2.54. The lowest BCUT2D eigenvalue weighted by Crippen LogP contribution is -1.88.